The Morgan fingerprint density at radius 3 is 3.27 bits per heavy atom. The molecule has 0 spiro atoms. The van der Waals surface area contributed by atoms with Gasteiger partial charge in [0.2, 0.25) is 0 Å². The van der Waals surface area contributed by atoms with Crippen molar-refractivity contribution in [2.24, 2.45) is 0 Å². The van der Waals surface area contributed by atoms with Gasteiger partial charge in [-0.2, -0.15) is 0 Å². The Hall–Kier alpha value is -1.26. The molecule has 1 fully saturated rings. The number of rotatable bonds is 3. The molecule has 0 aliphatic carbocycles. The second kappa shape index (κ2) is 5.00. The number of piperazine rings is 1. The van der Waals surface area contributed by atoms with Crippen LogP contribution >= 0.6 is 0 Å². The average Bonchev–Trinajstić information content (AvgIpc) is 2.31. The second-order valence-corrected chi connectivity index (χ2v) is 3.70. The quantitative estimate of drug-likeness (QED) is 0.708. The maximum Gasteiger partial charge on any atom is 0.138 e. The van der Waals surface area contributed by atoms with Crippen LogP contribution in [0.15, 0.2) is 24.4 Å². The molecule has 4 nitrogen and oxygen atoms in total. The largest absolute Gasteiger partial charge is 0.313 e. The van der Waals surface area contributed by atoms with E-state index in [4.69, 9.17) is 0 Å². The number of hydrogen-bond acceptors (Lipinski definition) is 4. The van der Waals surface area contributed by atoms with E-state index in [0.717, 1.165) is 38.2 Å². The standard InChI is InChI=1S/C11H15N3O/c15-9-11-7-12-5-6-14(11)8-10-3-1-2-4-13-10/h1-4,9,11-12H,5-8H2. The van der Waals surface area contributed by atoms with Crippen LogP contribution in [0.3, 0.4) is 0 Å². The van der Waals surface area contributed by atoms with Crippen LogP contribution in [0.1, 0.15) is 5.69 Å². The molecule has 0 bridgehead atoms. The summed E-state index contributed by atoms with van der Waals surface area (Å²) in [5.41, 5.74) is 1.02. The first-order chi connectivity index (χ1) is 7.40. The van der Waals surface area contributed by atoms with Crippen LogP contribution in [0, 0.1) is 0 Å². The number of carbonyl (C=O) groups excluding carboxylic acids is 1. The minimum Gasteiger partial charge on any atom is -0.313 e. The normalized spacial score (nSPS) is 22.5. The van der Waals surface area contributed by atoms with Gasteiger partial charge in [-0.3, -0.25) is 9.88 Å². The average molecular weight is 205 g/mol. The SMILES string of the molecule is O=CC1CNCCN1Cc1ccccn1. The van der Waals surface area contributed by atoms with Crippen molar-refractivity contribution < 1.29 is 4.79 Å². The third kappa shape index (κ3) is 2.61. The molecule has 0 radical (unpaired) electrons. The Morgan fingerprint density at radius 2 is 2.53 bits per heavy atom. The zero-order valence-electron chi connectivity index (χ0n) is 8.60. The van der Waals surface area contributed by atoms with Gasteiger partial charge < -0.3 is 10.1 Å². The van der Waals surface area contributed by atoms with E-state index in [1.807, 2.05) is 18.2 Å². The molecule has 1 atom stereocenters. The van der Waals surface area contributed by atoms with Crippen LogP contribution in [-0.4, -0.2) is 41.8 Å². The molecule has 1 aliphatic heterocycles. The number of carbonyl (C=O) groups is 1. The Morgan fingerprint density at radius 1 is 1.60 bits per heavy atom. The van der Waals surface area contributed by atoms with Gasteiger partial charge >= 0.3 is 0 Å². The van der Waals surface area contributed by atoms with E-state index in [-0.39, 0.29) is 6.04 Å². The van der Waals surface area contributed by atoms with E-state index in [9.17, 15) is 4.79 Å². The molecule has 0 saturated carbocycles. The van der Waals surface area contributed by atoms with Crippen molar-refractivity contribution in [2.75, 3.05) is 19.6 Å². The van der Waals surface area contributed by atoms with E-state index in [2.05, 4.69) is 15.2 Å². The van der Waals surface area contributed by atoms with Gasteiger partial charge in [-0.25, -0.2) is 0 Å². The third-order valence-electron chi connectivity index (χ3n) is 2.65. The van der Waals surface area contributed by atoms with E-state index in [1.54, 1.807) is 6.20 Å². The molecule has 15 heavy (non-hydrogen) atoms. The molecular formula is C11H15N3O. The van der Waals surface area contributed by atoms with Crippen molar-refractivity contribution in [1.29, 1.82) is 0 Å². The van der Waals surface area contributed by atoms with Gasteiger partial charge in [0.25, 0.3) is 0 Å². The summed E-state index contributed by atoms with van der Waals surface area (Å²) in [5.74, 6) is 0. The van der Waals surface area contributed by atoms with Crippen molar-refractivity contribution >= 4 is 6.29 Å². The summed E-state index contributed by atoms with van der Waals surface area (Å²) >= 11 is 0. The van der Waals surface area contributed by atoms with E-state index in [0.29, 0.717) is 0 Å². The van der Waals surface area contributed by atoms with Crippen LogP contribution in [0.2, 0.25) is 0 Å². The summed E-state index contributed by atoms with van der Waals surface area (Å²) < 4.78 is 0. The van der Waals surface area contributed by atoms with Crippen molar-refractivity contribution in [1.82, 2.24) is 15.2 Å². The van der Waals surface area contributed by atoms with Gasteiger partial charge in [-0.15, -0.1) is 0 Å². The van der Waals surface area contributed by atoms with Crippen molar-refractivity contribution in [2.45, 2.75) is 12.6 Å². The molecule has 1 aliphatic rings. The molecular weight excluding hydrogens is 190 g/mol. The number of pyridine rings is 1. The summed E-state index contributed by atoms with van der Waals surface area (Å²) in [6, 6.07) is 5.85. The Kier molecular flexibility index (Phi) is 3.42. The van der Waals surface area contributed by atoms with Crippen LogP contribution < -0.4 is 5.32 Å². The van der Waals surface area contributed by atoms with Gasteiger partial charge in [-0.05, 0) is 12.1 Å². The lowest BCUT2D eigenvalue weighted by Gasteiger charge is -2.32. The Bertz CT molecular complexity index is 315. The zero-order valence-corrected chi connectivity index (χ0v) is 8.60. The third-order valence-corrected chi connectivity index (χ3v) is 2.65. The number of aldehydes is 1. The molecule has 1 aromatic rings. The smallest absolute Gasteiger partial charge is 0.138 e. The van der Waals surface area contributed by atoms with Crippen molar-refractivity contribution in [3.05, 3.63) is 30.1 Å². The molecule has 1 N–H and O–H groups in total. The van der Waals surface area contributed by atoms with Gasteiger partial charge in [0, 0.05) is 32.4 Å². The summed E-state index contributed by atoms with van der Waals surface area (Å²) in [6.45, 7) is 3.35. The van der Waals surface area contributed by atoms with Crippen LogP contribution in [0.4, 0.5) is 0 Å². The van der Waals surface area contributed by atoms with Gasteiger partial charge in [0.1, 0.15) is 6.29 Å². The summed E-state index contributed by atoms with van der Waals surface area (Å²) in [4.78, 5) is 17.3. The first-order valence-electron chi connectivity index (χ1n) is 5.20. The first kappa shape index (κ1) is 10.3. The molecule has 80 valence electrons. The summed E-state index contributed by atoms with van der Waals surface area (Å²) in [5, 5.41) is 3.21. The second-order valence-electron chi connectivity index (χ2n) is 3.70. The van der Waals surface area contributed by atoms with Gasteiger partial charge in [0.05, 0.1) is 11.7 Å². The summed E-state index contributed by atoms with van der Waals surface area (Å²) in [6.07, 6.45) is 2.79. The zero-order chi connectivity index (χ0) is 10.5. The number of nitrogens with one attached hydrogen (secondary N) is 1. The van der Waals surface area contributed by atoms with E-state index >= 15 is 0 Å². The lowest BCUT2D eigenvalue weighted by Crippen LogP contribution is -2.51. The molecule has 0 aromatic carbocycles. The minimum atomic E-state index is -0.0132. The number of aromatic nitrogens is 1. The minimum absolute atomic E-state index is 0.0132. The molecule has 1 saturated heterocycles. The Labute approximate surface area is 89.3 Å². The fourth-order valence-corrected chi connectivity index (χ4v) is 1.80. The molecule has 0 amide bonds. The number of hydrogen-bond donors (Lipinski definition) is 1. The molecule has 1 unspecified atom stereocenters. The highest BCUT2D eigenvalue weighted by atomic mass is 16.1. The van der Waals surface area contributed by atoms with Crippen LogP contribution in [0.5, 0.6) is 0 Å². The predicted molar refractivity (Wildman–Crippen MR) is 57.4 cm³/mol. The topological polar surface area (TPSA) is 45.2 Å². The first-order valence-corrected chi connectivity index (χ1v) is 5.20. The summed E-state index contributed by atoms with van der Waals surface area (Å²) in [7, 11) is 0. The molecule has 4 heteroatoms. The fraction of sp³-hybridized carbons (Fsp3) is 0.455. The highest BCUT2D eigenvalue weighted by Crippen LogP contribution is 2.06. The van der Waals surface area contributed by atoms with Gasteiger partial charge in [-0.1, -0.05) is 6.07 Å². The maximum atomic E-state index is 10.9. The highest BCUT2D eigenvalue weighted by Gasteiger charge is 2.21. The highest BCUT2D eigenvalue weighted by molar-refractivity contribution is 5.58. The maximum absolute atomic E-state index is 10.9. The Balaban J connectivity index is 2.00. The van der Waals surface area contributed by atoms with E-state index in [1.165, 1.54) is 0 Å². The van der Waals surface area contributed by atoms with Crippen LogP contribution in [0.25, 0.3) is 0 Å². The monoisotopic (exact) mass is 205 g/mol. The fourth-order valence-electron chi connectivity index (χ4n) is 1.80. The van der Waals surface area contributed by atoms with Crippen LogP contribution in [-0.2, 0) is 11.3 Å². The van der Waals surface area contributed by atoms with Gasteiger partial charge in [0.15, 0.2) is 0 Å². The van der Waals surface area contributed by atoms with Crippen molar-refractivity contribution in [3.8, 4) is 0 Å². The van der Waals surface area contributed by atoms with Crippen molar-refractivity contribution in [3.63, 3.8) is 0 Å². The van der Waals surface area contributed by atoms with E-state index < -0.39 is 0 Å². The molecule has 2 heterocycles. The lowest BCUT2D eigenvalue weighted by atomic mass is 10.2. The predicted octanol–water partition coefficient (Wildman–Crippen LogP) is 0.0543. The molecule has 1 aromatic heterocycles. The lowest BCUT2D eigenvalue weighted by molar-refractivity contribution is -0.113. The number of nitrogens with zero attached hydrogens (tertiary/aromatic N) is 2. The molecule has 2 rings (SSSR count).